The second kappa shape index (κ2) is 8.22. The number of nitrogens with one attached hydrogen (secondary N) is 1. The molecule has 1 aliphatic heterocycles. The topological polar surface area (TPSA) is 32.3 Å². The second-order valence-electron chi connectivity index (χ2n) is 8.34. The maximum absolute atomic E-state index is 12.7. The maximum atomic E-state index is 12.7. The Morgan fingerprint density at radius 3 is 2.25 bits per heavy atom. The van der Waals surface area contributed by atoms with Crippen LogP contribution in [0.1, 0.15) is 48.1 Å². The van der Waals surface area contributed by atoms with Crippen molar-refractivity contribution >= 4 is 17.3 Å². The first-order valence-electron chi connectivity index (χ1n) is 10.1. The fourth-order valence-corrected chi connectivity index (χ4v) is 3.90. The summed E-state index contributed by atoms with van der Waals surface area (Å²) in [7, 11) is 0. The third-order valence-corrected chi connectivity index (χ3v) is 5.92. The van der Waals surface area contributed by atoms with Crippen LogP contribution in [0.15, 0.2) is 41.5 Å². The van der Waals surface area contributed by atoms with E-state index in [4.69, 9.17) is 0 Å². The largest absolute Gasteiger partial charge is 0.367 e. The summed E-state index contributed by atoms with van der Waals surface area (Å²) in [5, 5.41) is 3.15. The van der Waals surface area contributed by atoms with Gasteiger partial charge < -0.3 is 10.2 Å². The molecule has 0 spiro atoms. The predicted molar refractivity (Wildman–Crippen MR) is 119 cm³/mol. The molecule has 1 N–H and O–H groups in total. The van der Waals surface area contributed by atoms with E-state index < -0.39 is 0 Å². The van der Waals surface area contributed by atoms with Crippen molar-refractivity contribution in [2.24, 2.45) is 0 Å². The van der Waals surface area contributed by atoms with E-state index in [2.05, 4.69) is 82.1 Å². The van der Waals surface area contributed by atoms with E-state index in [1.807, 2.05) is 0 Å². The molecule has 0 atom stereocenters. The van der Waals surface area contributed by atoms with E-state index in [0.717, 1.165) is 47.5 Å². The van der Waals surface area contributed by atoms with Crippen molar-refractivity contribution in [3.63, 3.8) is 0 Å². The minimum absolute atomic E-state index is 0.0417. The fraction of sp³-hybridized carbons (Fsp3) is 0.400. The zero-order valence-corrected chi connectivity index (χ0v) is 18.1. The lowest BCUT2D eigenvalue weighted by atomic mass is 10.0. The summed E-state index contributed by atoms with van der Waals surface area (Å²) < 4.78 is 0. The maximum Gasteiger partial charge on any atom is 0.228 e. The number of aryl methyl sites for hydroxylation is 4. The lowest BCUT2D eigenvalue weighted by molar-refractivity contribution is -0.115. The van der Waals surface area contributed by atoms with E-state index in [9.17, 15) is 4.79 Å². The van der Waals surface area contributed by atoms with Gasteiger partial charge >= 0.3 is 0 Å². The standard InChI is InChI=1S/C25H32N2O/c1-16-7-8-18(3)22(11-16)14-24(28)26-25-19(4)12-23(13-20(25)5)27-10-9-17(2)21(6)15-27/h7-8,11-13H,9-10,14-15H2,1-6H3,(H,26,28). The average molecular weight is 377 g/mol. The molecule has 3 rings (SSSR count). The van der Waals surface area contributed by atoms with Gasteiger partial charge in [-0.25, -0.2) is 0 Å². The van der Waals surface area contributed by atoms with E-state index in [0.29, 0.717) is 6.42 Å². The van der Waals surface area contributed by atoms with Crippen molar-refractivity contribution in [2.75, 3.05) is 23.3 Å². The number of amides is 1. The van der Waals surface area contributed by atoms with Gasteiger partial charge in [-0.05, 0) is 82.3 Å². The average Bonchev–Trinajstić information content (AvgIpc) is 2.63. The Labute approximate surface area is 169 Å². The molecule has 1 heterocycles. The molecule has 0 radical (unpaired) electrons. The predicted octanol–water partition coefficient (Wildman–Crippen LogP) is 5.65. The molecule has 0 bridgehead atoms. The first-order chi connectivity index (χ1) is 13.2. The summed E-state index contributed by atoms with van der Waals surface area (Å²) in [6.45, 7) is 14.8. The molecule has 0 unspecified atom stereocenters. The van der Waals surface area contributed by atoms with Gasteiger partial charge in [0.2, 0.25) is 5.91 Å². The molecule has 0 aliphatic carbocycles. The minimum Gasteiger partial charge on any atom is -0.367 e. The van der Waals surface area contributed by atoms with Crippen LogP contribution in [0.4, 0.5) is 11.4 Å². The highest BCUT2D eigenvalue weighted by Crippen LogP contribution is 2.30. The number of hydrogen-bond donors (Lipinski definition) is 1. The number of anilines is 2. The highest BCUT2D eigenvalue weighted by atomic mass is 16.1. The van der Waals surface area contributed by atoms with Crippen molar-refractivity contribution < 1.29 is 4.79 Å². The molecule has 0 saturated heterocycles. The van der Waals surface area contributed by atoms with Crippen molar-refractivity contribution in [3.05, 3.63) is 69.3 Å². The van der Waals surface area contributed by atoms with Crippen LogP contribution in [0.3, 0.4) is 0 Å². The van der Waals surface area contributed by atoms with E-state index in [1.54, 1.807) is 0 Å². The van der Waals surface area contributed by atoms with Gasteiger partial charge in [0.15, 0.2) is 0 Å². The van der Waals surface area contributed by atoms with Crippen LogP contribution in [0, 0.1) is 27.7 Å². The van der Waals surface area contributed by atoms with Crippen molar-refractivity contribution in [1.29, 1.82) is 0 Å². The van der Waals surface area contributed by atoms with Gasteiger partial charge in [0, 0.05) is 24.5 Å². The van der Waals surface area contributed by atoms with E-state index >= 15 is 0 Å². The number of rotatable bonds is 4. The SMILES string of the molecule is CC1=C(C)CN(c2cc(C)c(NC(=O)Cc3cc(C)ccc3C)c(C)c2)CC1. The molecular formula is C25H32N2O. The van der Waals surface area contributed by atoms with Crippen LogP contribution < -0.4 is 10.2 Å². The van der Waals surface area contributed by atoms with Crippen LogP contribution in [0.2, 0.25) is 0 Å². The van der Waals surface area contributed by atoms with Gasteiger partial charge in [0.1, 0.15) is 0 Å². The van der Waals surface area contributed by atoms with Gasteiger partial charge in [0.05, 0.1) is 6.42 Å². The van der Waals surface area contributed by atoms with E-state index in [1.165, 1.54) is 22.4 Å². The Bertz CT molecular complexity index is 917. The summed E-state index contributed by atoms with van der Waals surface area (Å²) in [6, 6.07) is 10.7. The second-order valence-corrected chi connectivity index (χ2v) is 8.34. The minimum atomic E-state index is 0.0417. The molecule has 0 fully saturated rings. The Hall–Kier alpha value is -2.55. The molecule has 148 valence electrons. The molecule has 0 aromatic heterocycles. The molecule has 2 aromatic rings. The van der Waals surface area contributed by atoms with Crippen molar-refractivity contribution in [1.82, 2.24) is 0 Å². The number of nitrogens with zero attached hydrogens (tertiary/aromatic N) is 1. The number of carbonyl (C=O) groups is 1. The summed E-state index contributed by atoms with van der Waals surface area (Å²) in [6.07, 6.45) is 1.53. The normalized spacial score (nSPS) is 14.4. The molecule has 28 heavy (non-hydrogen) atoms. The smallest absolute Gasteiger partial charge is 0.228 e. The van der Waals surface area contributed by atoms with Crippen LogP contribution in [-0.2, 0) is 11.2 Å². The van der Waals surface area contributed by atoms with Crippen LogP contribution in [-0.4, -0.2) is 19.0 Å². The van der Waals surface area contributed by atoms with E-state index in [-0.39, 0.29) is 5.91 Å². The summed E-state index contributed by atoms with van der Waals surface area (Å²) in [5.74, 6) is 0.0417. The number of carbonyl (C=O) groups excluding carboxylic acids is 1. The van der Waals surface area contributed by atoms with Crippen molar-refractivity contribution in [2.45, 2.75) is 54.4 Å². The first-order valence-corrected chi connectivity index (χ1v) is 10.1. The molecule has 1 amide bonds. The van der Waals surface area contributed by atoms with Gasteiger partial charge in [0.25, 0.3) is 0 Å². The van der Waals surface area contributed by atoms with Crippen LogP contribution in [0.25, 0.3) is 0 Å². The summed E-state index contributed by atoms with van der Waals surface area (Å²) in [4.78, 5) is 15.1. The molecule has 1 aliphatic rings. The highest BCUT2D eigenvalue weighted by molar-refractivity contribution is 5.94. The number of benzene rings is 2. The lowest BCUT2D eigenvalue weighted by Gasteiger charge is -2.31. The van der Waals surface area contributed by atoms with Crippen LogP contribution in [0.5, 0.6) is 0 Å². The molecule has 2 aromatic carbocycles. The Balaban J connectivity index is 1.76. The lowest BCUT2D eigenvalue weighted by Crippen LogP contribution is -2.30. The number of hydrogen-bond acceptors (Lipinski definition) is 2. The zero-order chi connectivity index (χ0) is 20.4. The zero-order valence-electron chi connectivity index (χ0n) is 18.1. The fourth-order valence-electron chi connectivity index (χ4n) is 3.90. The van der Waals surface area contributed by atoms with Gasteiger partial charge in [-0.15, -0.1) is 0 Å². The molecular weight excluding hydrogens is 344 g/mol. The van der Waals surface area contributed by atoms with Crippen LogP contribution >= 0.6 is 0 Å². The Kier molecular flexibility index (Phi) is 5.93. The quantitative estimate of drug-likeness (QED) is 0.700. The van der Waals surface area contributed by atoms with Crippen molar-refractivity contribution in [3.8, 4) is 0 Å². The Morgan fingerprint density at radius 2 is 1.61 bits per heavy atom. The Morgan fingerprint density at radius 1 is 0.929 bits per heavy atom. The highest BCUT2D eigenvalue weighted by Gasteiger charge is 2.17. The third kappa shape index (κ3) is 4.46. The van der Waals surface area contributed by atoms with Gasteiger partial charge in [-0.1, -0.05) is 34.9 Å². The third-order valence-electron chi connectivity index (χ3n) is 5.92. The summed E-state index contributed by atoms with van der Waals surface area (Å²) >= 11 is 0. The molecule has 0 saturated carbocycles. The van der Waals surface area contributed by atoms with Gasteiger partial charge in [-0.3, -0.25) is 4.79 Å². The summed E-state index contributed by atoms with van der Waals surface area (Å²) in [5.41, 5.74) is 10.8. The monoisotopic (exact) mass is 376 g/mol. The molecule has 3 nitrogen and oxygen atoms in total. The van der Waals surface area contributed by atoms with Gasteiger partial charge in [-0.2, -0.15) is 0 Å². The molecule has 3 heteroatoms. The first kappa shape index (κ1) is 20.2.